The van der Waals surface area contributed by atoms with E-state index in [1.807, 2.05) is 23.9 Å². The molecule has 0 atom stereocenters. The lowest BCUT2D eigenvalue weighted by Crippen LogP contribution is -2.49. The van der Waals surface area contributed by atoms with Crippen LogP contribution in [0.15, 0.2) is 36.7 Å². The van der Waals surface area contributed by atoms with E-state index in [2.05, 4.69) is 9.97 Å². The summed E-state index contributed by atoms with van der Waals surface area (Å²) >= 11 is 1.02. The molecular weight excluding hydrogens is 539 g/mol. The third-order valence-electron chi connectivity index (χ3n) is 6.28. The molecule has 1 saturated heterocycles. The van der Waals surface area contributed by atoms with Crippen molar-refractivity contribution in [2.45, 2.75) is 24.8 Å². The largest absolute Gasteiger partial charge is 0.393 e. The number of carbonyl (C=O) groups is 1. The maximum atomic E-state index is 12.9. The summed E-state index contributed by atoms with van der Waals surface area (Å²) in [5.41, 5.74) is 1.50. The highest BCUT2D eigenvalue weighted by Crippen LogP contribution is 2.34. The molecule has 1 amide bonds. The quantitative estimate of drug-likeness (QED) is 0.391. The van der Waals surface area contributed by atoms with Crippen LogP contribution in [-0.2, 0) is 33.2 Å². The molecule has 0 N–H and O–H groups in total. The monoisotopic (exact) mass is 569 g/mol. The molecule has 0 radical (unpaired) electrons. The Balaban J connectivity index is 1.32. The van der Waals surface area contributed by atoms with Crippen molar-refractivity contribution < 1.29 is 26.4 Å². The number of sulfone groups is 1. The summed E-state index contributed by atoms with van der Waals surface area (Å²) < 4.78 is 63.1. The van der Waals surface area contributed by atoms with Gasteiger partial charge in [0.15, 0.2) is 9.84 Å². The molecule has 13 heteroatoms. The SMILES string of the molecule is CN(C)CCS(=O)(=O)Cc1ccc(CC(=O)N2CCN(c3ncnc4sc(CC(F)(F)F)cc34)CC2)cc1. The molecule has 1 aliphatic heterocycles. The van der Waals surface area contributed by atoms with Crippen LogP contribution in [0.1, 0.15) is 16.0 Å². The van der Waals surface area contributed by atoms with Gasteiger partial charge in [0, 0.05) is 37.6 Å². The maximum absolute atomic E-state index is 12.9. The molecule has 0 aliphatic carbocycles. The molecular formula is C25H30F3N5O3S2. The van der Waals surface area contributed by atoms with Gasteiger partial charge in [-0.2, -0.15) is 13.2 Å². The molecule has 0 unspecified atom stereocenters. The highest BCUT2D eigenvalue weighted by Gasteiger charge is 2.30. The maximum Gasteiger partial charge on any atom is 0.393 e. The highest BCUT2D eigenvalue weighted by atomic mass is 32.2. The van der Waals surface area contributed by atoms with E-state index >= 15 is 0 Å². The molecule has 1 aromatic carbocycles. The molecule has 1 aliphatic rings. The van der Waals surface area contributed by atoms with Crippen LogP contribution in [0.5, 0.6) is 0 Å². The first kappa shape index (κ1) is 28.2. The van der Waals surface area contributed by atoms with Gasteiger partial charge in [0.1, 0.15) is 17.0 Å². The second kappa shape index (κ2) is 11.5. The first-order chi connectivity index (χ1) is 17.9. The molecule has 206 valence electrons. The summed E-state index contributed by atoms with van der Waals surface area (Å²) in [6.45, 7) is 2.41. The predicted octanol–water partition coefficient (Wildman–Crippen LogP) is 3.16. The fourth-order valence-electron chi connectivity index (χ4n) is 4.28. The molecule has 38 heavy (non-hydrogen) atoms. The molecule has 8 nitrogen and oxygen atoms in total. The van der Waals surface area contributed by atoms with Crippen LogP contribution < -0.4 is 4.90 Å². The summed E-state index contributed by atoms with van der Waals surface area (Å²) in [7, 11) is 0.449. The van der Waals surface area contributed by atoms with Crippen molar-refractivity contribution in [1.29, 1.82) is 0 Å². The average Bonchev–Trinajstić information content (AvgIpc) is 3.25. The summed E-state index contributed by atoms with van der Waals surface area (Å²) in [4.78, 5) is 27.6. The zero-order valence-corrected chi connectivity index (χ0v) is 22.9. The van der Waals surface area contributed by atoms with E-state index in [1.54, 1.807) is 29.2 Å². The molecule has 4 rings (SSSR count). The van der Waals surface area contributed by atoms with Crippen LogP contribution in [0.4, 0.5) is 19.0 Å². The molecule has 0 bridgehead atoms. The number of amides is 1. The number of carbonyl (C=O) groups excluding carboxylic acids is 1. The Morgan fingerprint density at radius 1 is 1.05 bits per heavy atom. The number of hydrogen-bond acceptors (Lipinski definition) is 8. The van der Waals surface area contributed by atoms with Gasteiger partial charge in [0.2, 0.25) is 5.91 Å². The van der Waals surface area contributed by atoms with E-state index in [0.717, 1.165) is 16.9 Å². The van der Waals surface area contributed by atoms with Gasteiger partial charge in [0.05, 0.1) is 29.7 Å². The van der Waals surface area contributed by atoms with Crippen molar-refractivity contribution in [3.63, 3.8) is 0 Å². The van der Waals surface area contributed by atoms with E-state index in [9.17, 15) is 26.4 Å². The van der Waals surface area contributed by atoms with Crippen LogP contribution in [0.2, 0.25) is 0 Å². The van der Waals surface area contributed by atoms with Crippen molar-refractivity contribution >= 4 is 43.1 Å². The number of nitrogens with zero attached hydrogens (tertiary/aromatic N) is 5. The van der Waals surface area contributed by atoms with E-state index in [1.165, 1.54) is 12.4 Å². The highest BCUT2D eigenvalue weighted by molar-refractivity contribution is 7.90. The Morgan fingerprint density at radius 2 is 1.71 bits per heavy atom. The van der Waals surface area contributed by atoms with Crippen LogP contribution >= 0.6 is 11.3 Å². The van der Waals surface area contributed by atoms with E-state index in [0.29, 0.717) is 54.3 Å². The van der Waals surface area contributed by atoms with Crippen molar-refractivity contribution in [1.82, 2.24) is 19.8 Å². The third kappa shape index (κ3) is 7.64. The summed E-state index contributed by atoms with van der Waals surface area (Å²) in [6, 6.07) is 8.59. The van der Waals surface area contributed by atoms with Crippen LogP contribution in [-0.4, -0.2) is 92.8 Å². The van der Waals surface area contributed by atoms with Crippen molar-refractivity contribution in [3.05, 3.63) is 52.7 Å². The van der Waals surface area contributed by atoms with Crippen LogP contribution in [0.3, 0.4) is 0 Å². The molecule has 1 fully saturated rings. The van der Waals surface area contributed by atoms with E-state index in [-0.39, 0.29) is 28.7 Å². The lowest BCUT2D eigenvalue weighted by Gasteiger charge is -2.35. The minimum absolute atomic E-state index is 0.0326. The second-order valence-electron chi connectivity index (χ2n) is 9.68. The second-order valence-corrected chi connectivity index (χ2v) is 13.0. The number of benzene rings is 1. The van der Waals surface area contributed by atoms with Crippen molar-refractivity contribution in [3.8, 4) is 0 Å². The lowest BCUT2D eigenvalue weighted by atomic mass is 10.1. The molecule has 3 heterocycles. The van der Waals surface area contributed by atoms with Gasteiger partial charge in [-0.05, 0) is 31.3 Å². The Kier molecular flexibility index (Phi) is 8.58. The topological polar surface area (TPSA) is 86.7 Å². The van der Waals surface area contributed by atoms with Gasteiger partial charge in [0.25, 0.3) is 0 Å². The van der Waals surface area contributed by atoms with Gasteiger partial charge < -0.3 is 14.7 Å². The number of hydrogen-bond donors (Lipinski definition) is 0. The Labute approximate surface area is 224 Å². The first-order valence-electron chi connectivity index (χ1n) is 12.1. The standard InChI is InChI=1S/C25H30F3N5O3S2/c1-31(2)11-12-38(35,36)16-19-5-3-18(4-6-19)13-22(34)32-7-9-33(10-8-32)23-21-14-20(15-25(26,27)28)37-24(21)30-17-29-23/h3-6,14,17H,7-13,15-16H2,1-2H3. The fourth-order valence-corrected chi connectivity index (χ4v) is 6.79. The van der Waals surface area contributed by atoms with Crippen LogP contribution in [0, 0.1) is 0 Å². The van der Waals surface area contributed by atoms with Gasteiger partial charge in [-0.3, -0.25) is 4.79 Å². The fraction of sp³-hybridized carbons (Fsp3) is 0.480. The average molecular weight is 570 g/mol. The normalized spacial score (nSPS) is 15.0. The number of rotatable bonds is 9. The summed E-state index contributed by atoms with van der Waals surface area (Å²) in [5, 5.41) is 0.598. The molecule has 0 spiro atoms. The first-order valence-corrected chi connectivity index (χ1v) is 14.8. The van der Waals surface area contributed by atoms with Crippen LogP contribution in [0.25, 0.3) is 10.2 Å². The van der Waals surface area contributed by atoms with Gasteiger partial charge in [-0.25, -0.2) is 18.4 Å². The predicted molar refractivity (Wildman–Crippen MR) is 142 cm³/mol. The Morgan fingerprint density at radius 3 is 2.34 bits per heavy atom. The summed E-state index contributed by atoms with van der Waals surface area (Å²) in [5.74, 6) is 0.609. The van der Waals surface area contributed by atoms with Gasteiger partial charge >= 0.3 is 6.18 Å². The number of fused-ring (bicyclic) bond motifs is 1. The lowest BCUT2D eigenvalue weighted by molar-refractivity contribution is -0.130. The molecule has 0 saturated carbocycles. The number of thiophene rings is 1. The summed E-state index contributed by atoms with van der Waals surface area (Å²) in [6.07, 6.45) is -3.72. The van der Waals surface area contributed by atoms with Crippen molar-refractivity contribution in [2.24, 2.45) is 0 Å². The zero-order chi connectivity index (χ0) is 27.5. The number of aromatic nitrogens is 2. The smallest absolute Gasteiger partial charge is 0.352 e. The Bertz CT molecular complexity index is 1370. The number of anilines is 1. The minimum Gasteiger partial charge on any atom is -0.352 e. The number of alkyl halides is 3. The van der Waals surface area contributed by atoms with Crippen molar-refractivity contribution in [2.75, 3.05) is 57.5 Å². The zero-order valence-electron chi connectivity index (χ0n) is 21.2. The van der Waals surface area contributed by atoms with Gasteiger partial charge in [-0.1, -0.05) is 24.3 Å². The van der Waals surface area contributed by atoms with E-state index < -0.39 is 22.4 Å². The number of halogens is 3. The third-order valence-corrected chi connectivity index (χ3v) is 8.90. The van der Waals surface area contributed by atoms with Gasteiger partial charge in [-0.15, -0.1) is 11.3 Å². The Hall–Kier alpha value is -2.77. The minimum atomic E-state index is -4.29. The number of piperazine rings is 1. The molecule has 2 aromatic heterocycles. The molecule has 3 aromatic rings. The van der Waals surface area contributed by atoms with E-state index in [4.69, 9.17) is 0 Å².